The Morgan fingerprint density at radius 3 is 1.71 bits per heavy atom. The van der Waals surface area contributed by atoms with Gasteiger partial charge in [-0.3, -0.25) is 0 Å². The van der Waals surface area contributed by atoms with Crippen LogP contribution in [-0.2, 0) is 5.41 Å². The summed E-state index contributed by atoms with van der Waals surface area (Å²) in [7, 11) is 0. The second-order valence-corrected chi connectivity index (χ2v) is 15.4. The predicted molar refractivity (Wildman–Crippen MR) is 215 cm³/mol. The van der Waals surface area contributed by atoms with Crippen LogP contribution < -0.4 is 0 Å². The normalized spacial score (nSPS) is 13.3. The summed E-state index contributed by atoms with van der Waals surface area (Å²) in [6.45, 7) is 4.63. The Labute approximate surface area is 303 Å². The average Bonchev–Trinajstić information content (AvgIpc) is 3.88. The Morgan fingerprint density at radius 1 is 0.462 bits per heavy atom. The topological polar surface area (TPSA) is 57.4 Å². The zero-order valence-electron chi connectivity index (χ0n) is 28.4. The van der Waals surface area contributed by atoms with E-state index < -0.39 is 0 Å². The van der Waals surface area contributed by atoms with E-state index in [1.165, 1.54) is 42.4 Å². The SMILES string of the molecule is CC1(C)c2ccccc2-c2cc3c4cc5c(cc4n(-c4cc(C#N)c(C#N)cc4-n4c6ccccc6c6ccccc64)c3cc21)sc1ccccc15. The molecule has 4 nitrogen and oxygen atoms in total. The van der Waals surface area contributed by atoms with Crippen molar-refractivity contribution in [2.75, 3.05) is 0 Å². The number of rotatable bonds is 2. The van der Waals surface area contributed by atoms with Gasteiger partial charge in [0.25, 0.3) is 0 Å². The van der Waals surface area contributed by atoms with Gasteiger partial charge in [-0.1, -0.05) is 92.7 Å². The van der Waals surface area contributed by atoms with E-state index in [0.717, 1.165) is 55.0 Å². The first-order chi connectivity index (χ1) is 25.5. The van der Waals surface area contributed by atoms with Crippen LogP contribution in [0.1, 0.15) is 36.1 Å². The fraction of sp³-hybridized carbons (Fsp3) is 0.0638. The third-order valence-electron chi connectivity index (χ3n) is 11.4. The standard InChI is InChI=1S/C47H28N4S/c1-47(2)37-15-7-3-11-29(37)33-21-34-35-22-36-32-14-6-10-18-45(32)52-46(36)24-42(35)51(41(34)23-38(33)47)44-20-28(26-49)27(25-48)19-43(44)50-39-16-8-4-12-30(39)31-13-5-9-17-40(31)50/h3-24H,1-2H3. The van der Waals surface area contributed by atoms with E-state index in [0.29, 0.717) is 11.1 Å². The van der Waals surface area contributed by atoms with Gasteiger partial charge in [-0.2, -0.15) is 10.5 Å². The maximum Gasteiger partial charge on any atom is 0.101 e. The highest BCUT2D eigenvalue weighted by Crippen LogP contribution is 2.52. The summed E-state index contributed by atoms with van der Waals surface area (Å²) in [6, 6.07) is 52.3. The Morgan fingerprint density at radius 2 is 1.02 bits per heavy atom. The van der Waals surface area contributed by atoms with E-state index in [1.54, 1.807) is 0 Å². The largest absolute Gasteiger partial charge is 0.307 e. The van der Waals surface area contributed by atoms with Gasteiger partial charge < -0.3 is 9.13 Å². The monoisotopic (exact) mass is 680 g/mol. The lowest BCUT2D eigenvalue weighted by Crippen LogP contribution is -2.15. The third kappa shape index (κ3) is 3.68. The van der Waals surface area contributed by atoms with Crippen molar-refractivity contribution >= 4 is 75.1 Å². The summed E-state index contributed by atoms with van der Waals surface area (Å²) in [4.78, 5) is 0. The minimum Gasteiger partial charge on any atom is -0.307 e. The summed E-state index contributed by atoms with van der Waals surface area (Å²) < 4.78 is 7.09. The fourth-order valence-electron chi connectivity index (χ4n) is 8.99. The molecule has 3 heterocycles. The lowest BCUT2D eigenvalue weighted by molar-refractivity contribution is 0.661. The Kier molecular flexibility index (Phi) is 5.71. The minimum absolute atomic E-state index is 0.198. The van der Waals surface area contributed by atoms with E-state index in [9.17, 15) is 10.5 Å². The van der Waals surface area contributed by atoms with Crippen molar-refractivity contribution in [2.24, 2.45) is 0 Å². The molecule has 0 saturated carbocycles. The van der Waals surface area contributed by atoms with Crippen LogP contribution in [0.3, 0.4) is 0 Å². The summed E-state index contributed by atoms with van der Waals surface area (Å²) in [6.07, 6.45) is 0. The Balaban J connectivity index is 1.35. The smallest absolute Gasteiger partial charge is 0.101 e. The molecule has 0 N–H and O–H groups in total. The van der Waals surface area contributed by atoms with Crippen molar-refractivity contribution < 1.29 is 0 Å². The van der Waals surface area contributed by atoms with Gasteiger partial charge in [-0.05, 0) is 76.9 Å². The molecule has 0 spiro atoms. The van der Waals surface area contributed by atoms with Gasteiger partial charge in [0, 0.05) is 47.1 Å². The van der Waals surface area contributed by atoms with Crippen molar-refractivity contribution in [1.29, 1.82) is 10.5 Å². The maximum absolute atomic E-state index is 10.5. The molecular weight excluding hydrogens is 653 g/mol. The van der Waals surface area contributed by atoms with Crippen LogP contribution in [0.2, 0.25) is 0 Å². The van der Waals surface area contributed by atoms with Gasteiger partial charge in [0.05, 0.1) is 44.6 Å². The van der Waals surface area contributed by atoms with Crippen molar-refractivity contribution in [3.8, 4) is 34.6 Å². The molecule has 242 valence electrons. The highest BCUT2D eigenvalue weighted by molar-refractivity contribution is 7.25. The number of aromatic nitrogens is 2. The molecule has 1 aliphatic rings. The highest BCUT2D eigenvalue weighted by Gasteiger charge is 2.36. The summed E-state index contributed by atoms with van der Waals surface area (Å²) in [5.74, 6) is 0. The first-order valence-corrected chi connectivity index (χ1v) is 18.3. The van der Waals surface area contributed by atoms with E-state index >= 15 is 0 Å². The zero-order chi connectivity index (χ0) is 34.9. The quantitative estimate of drug-likeness (QED) is 0.182. The molecule has 0 atom stereocenters. The molecule has 0 saturated heterocycles. The second-order valence-electron chi connectivity index (χ2n) is 14.4. The van der Waals surface area contributed by atoms with E-state index in [2.05, 4.69) is 156 Å². The molecule has 10 aromatic rings. The van der Waals surface area contributed by atoms with Gasteiger partial charge in [0.2, 0.25) is 0 Å². The number of nitriles is 2. The molecule has 0 aliphatic heterocycles. The van der Waals surface area contributed by atoms with Crippen LogP contribution in [0, 0.1) is 22.7 Å². The van der Waals surface area contributed by atoms with Crippen LogP contribution in [0.25, 0.3) is 86.3 Å². The second kappa shape index (κ2) is 10.2. The highest BCUT2D eigenvalue weighted by atomic mass is 32.1. The molecule has 11 rings (SSSR count). The van der Waals surface area contributed by atoms with Gasteiger partial charge in [0.15, 0.2) is 0 Å². The minimum atomic E-state index is -0.198. The van der Waals surface area contributed by atoms with Crippen LogP contribution in [0.15, 0.2) is 133 Å². The lowest BCUT2D eigenvalue weighted by atomic mass is 9.82. The number of fused-ring (bicyclic) bond motifs is 12. The fourth-order valence-corrected chi connectivity index (χ4v) is 10.1. The molecule has 0 unspecified atom stereocenters. The van der Waals surface area contributed by atoms with Crippen molar-refractivity contribution in [2.45, 2.75) is 19.3 Å². The molecule has 0 bridgehead atoms. The Hall–Kier alpha value is -6.66. The van der Waals surface area contributed by atoms with Gasteiger partial charge >= 0.3 is 0 Å². The average molecular weight is 681 g/mol. The molecule has 0 amide bonds. The number of hydrogen-bond donors (Lipinski definition) is 0. The van der Waals surface area contributed by atoms with Crippen molar-refractivity contribution in [3.05, 3.63) is 156 Å². The maximum atomic E-state index is 10.5. The first kappa shape index (κ1) is 29.1. The van der Waals surface area contributed by atoms with Crippen molar-refractivity contribution in [3.63, 3.8) is 0 Å². The Bertz CT molecular complexity index is 3250. The predicted octanol–water partition coefficient (Wildman–Crippen LogP) is 12.3. The van der Waals surface area contributed by atoms with Gasteiger partial charge in [-0.25, -0.2) is 0 Å². The summed E-state index contributed by atoms with van der Waals surface area (Å²) in [5.41, 5.74) is 11.6. The molecule has 0 fully saturated rings. The molecule has 7 aromatic carbocycles. The lowest BCUT2D eigenvalue weighted by Gasteiger charge is -2.22. The molecule has 5 heteroatoms. The van der Waals surface area contributed by atoms with E-state index in [-0.39, 0.29) is 5.41 Å². The number of benzene rings is 7. The van der Waals surface area contributed by atoms with Crippen LogP contribution in [0.5, 0.6) is 0 Å². The number of thiophene rings is 1. The van der Waals surface area contributed by atoms with Crippen LogP contribution >= 0.6 is 11.3 Å². The van der Waals surface area contributed by atoms with Gasteiger partial charge in [0.1, 0.15) is 12.1 Å². The molecule has 0 radical (unpaired) electrons. The zero-order valence-corrected chi connectivity index (χ0v) is 29.2. The third-order valence-corrected chi connectivity index (χ3v) is 12.5. The van der Waals surface area contributed by atoms with Gasteiger partial charge in [-0.15, -0.1) is 11.3 Å². The van der Waals surface area contributed by atoms with E-state index in [4.69, 9.17) is 0 Å². The molecule has 52 heavy (non-hydrogen) atoms. The van der Waals surface area contributed by atoms with Crippen LogP contribution in [0.4, 0.5) is 0 Å². The van der Waals surface area contributed by atoms with Crippen LogP contribution in [-0.4, -0.2) is 9.13 Å². The van der Waals surface area contributed by atoms with E-state index in [1.807, 2.05) is 23.5 Å². The number of para-hydroxylation sites is 2. The summed E-state index contributed by atoms with van der Waals surface area (Å²) >= 11 is 1.81. The number of nitrogens with zero attached hydrogens (tertiary/aromatic N) is 4. The molecule has 3 aromatic heterocycles. The summed E-state index contributed by atoms with van der Waals surface area (Å²) in [5, 5.41) is 27.9. The molecular formula is C47H28N4S. The first-order valence-electron chi connectivity index (χ1n) is 17.5. The number of hydrogen-bond acceptors (Lipinski definition) is 3. The molecule has 1 aliphatic carbocycles. The van der Waals surface area contributed by atoms with Crippen molar-refractivity contribution in [1.82, 2.24) is 9.13 Å².